The quantitative estimate of drug-likeness (QED) is 0.723. The molecule has 0 spiro atoms. The van der Waals surface area contributed by atoms with Crippen molar-refractivity contribution in [3.05, 3.63) is 35.4 Å². The van der Waals surface area contributed by atoms with Gasteiger partial charge in [0.05, 0.1) is 7.11 Å². The summed E-state index contributed by atoms with van der Waals surface area (Å²) in [5.41, 5.74) is 5.59. The molecule has 1 rings (SSSR count). The number of benzene rings is 1. The van der Waals surface area contributed by atoms with Crippen LogP contribution in [0.1, 0.15) is 43.7 Å². The summed E-state index contributed by atoms with van der Waals surface area (Å²) in [6.45, 7) is 5.26. The lowest BCUT2D eigenvalue weighted by atomic mass is 9.93. The van der Waals surface area contributed by atoms with Crippen molar-refractivity contribution in [1.29, 1.82) is 0 Å². The number of hydroxylamine groups is 1. The van der Waals surface area contributed by atoms with E-state index in [1.165, 1.54) is 24.0 Å². The lowest BCUT2D eigenvalue weighted by Gasteiger charge is -2.14. The van der Waals surface area contributed by atoms with Crippen LogP contribution in [0.4, 0.5) is 0 Å². The minimum atomic E-state index is 0.687. The first-order valence-electron chi connectivity index (χ1n) is 5.66. The summed E-state index contributed by atoms with van der Waals surface area (Å²) in [7, 11) is 1.64. The zero-order valence-corrected chi connectivity index (χ0v) is 9.92. The van der Waals surface area contributed by atoms with Crippen LogP contribution in [0, 0.1) is 0 Å². The predicted molar refractivity (Wildman–Crippen MR) is 63.6 cm³/mol. The van der Waals surface area contributed by atoms with E-state index in [0.29, 0.717) is 5.92 Å². The molecule has 2 heteroatoms. The van der Waals surface area contributed by atoms with Crippen LogP contribution >= 0.6 is 0 Å². The third-order valence-corrected chi connectivity index (χ3v) is 2.83. The Kier molecular flexibility index (Phi) is 5.37. The highest BCUT2D eigenvalue weighted by Gasteiger charge is 2.06. The monoisotopic (exact) mass is 207 g/mol. The molecular weight excluding hydrogens is 186 g/mol. The SMILES string of the molecule is CCC(CC)c1cccc(CNOC)c1. The number of nitrogens with one attached hydrogen (secondary N) is 1. The highest BCUT2D eigenvalue weighted by Crippen LogP contribution is 2.23. The van der Waals surface area contributed by atoms with Crippen LogP contribution in [-0.4, -0.2) is 7.11 Å². The fourth-order valence-electron chi connectivity index (χ4n) is 1.87. The Balaban J connectivity index is 2.72. The summed E-state index contributed by atoms with van der Waals surface area (Å²) in [6.07, 6.45) is 2.41. The molecule has 0 bridgehead atoms. The van der Waals surface area contributed by atoms with E-state index in [1.807, 2.05) is 0 Å². The maximum atomic E-state index is 4.85. The lowest BCUT2D eigenvalue weighted by Crippen LogP contribution is -2.11. The number of hydrogen-bond donors (Lipinski definition) is 1. The molecule has 0 heterocycles. The zero-order valence-electron chi connectivity index (χ0n) is 9.92. The standard InChI is InChI=1S/C13H21NO/c1-4-12(5-2)13-8-6-7-11(9-13)10-14-15-3/h6-9,12,14H,4-5,10H2,1-3H3. The Morgan fingerprint density at radius 1 is 1.27 bits per heavy atom. The van der Waals surface area contributed by atoms with Crippen LogP contribution in [-0.2, 0) is 11.4 Å². The van der Waals surface area contributed by atoms with Gasteiger partial charge in [0.15, 0.2) is 0 Å². The maximum Gasteiger partial charge on any atom is 0.0572 e. The van der Waals surface area contributed by atoms with Gasteiger partial charge in [0.2, 0.25) is 0 Å². The first-order valence-corrected chi connectivity index (χ1v) is 5.66. The van der Waals surface area contributed by atoms with Crippen LogP contribution in [0.2, 0.25) is 0 Å². The Morgan fingerprint density at radius 3 is 2.60 bits per heavy atom. The third-order valence-electron chi connectivity index (χ3n) is 2.83. The summed E-state index contributed by atoms with van der Waals surface area (Å²) in [5.74, 6) is 0.687. The summed E-state index contributed by atoms with van der Waals surface area (Å²) < 4.78 is 0. The second kappa shape index (κ2) is 6.59. The van der Waals surface area contributed by atoms with E-state index in [1.54, 1.807) is 7.11 Å². The van der Waals surface area contributed by atoms with Crippen LogP contribution in [0.15, 0.2) is 24.3 Å². The molecule has 1 N–H and O–H groups in total. The first kappa shape index (κ1) is 12.2. The molecule has 15 heavy (non-hydrogen) atoms. The van der Waals surface area contributed by atoms with Gasteiger partial charge in [0, 0.05) is 6.54 Å². The molecular formula is C13H21NO. The van der Waals surface area contributed by atoms with Crippen LogP contribution in [0.25, 0.3) is 0 Å². The van der Waals surface area contributed by atoms with Gasteiger partial charge in [0.1, 0.15) is 0 Å². The highest BCUT2D eigenvalue weighted by atomic mass is 16.6. The molecule has 0 saturated carbocycles. The molecule has 0 aliphatic carbocycles. The molecule has 84 valence electrons. The largest absolute Gasteiger partial charge is 0.305 e. The van der Waals surface area contributed by atoms with E-state index < -0.39 is 0 Å². The molecule has 0 aliphatic rings. The van der Waals surface area contributed by atoms with E-state index in [2.05, 4.69) is 43.6 Å². The number of rotatable bonds is 6. The Hall–Kier alpha value is -0.860. The van der Waals surface area contributed by atoms with Crippen LogP contribution < -0.4 is 5.48 Å². The molecule has 0 amide bonds. The van der Waals surface area contributed by atoms with Crippen LogP contribution in [0.3, 0.4) is 0 Å². The van der Waals surface area contributed by atoms with Crippen molar-refractivity contribution in [1.82, 2.24) is 5.48 Å². The fraction of sp³-hybridized carbons (Fsp3) is 0.538. The average molecular weight is 207 g/mol. The lowest BCUT2D eigenvalue weighted by molar-refractivity contribution is 0.0867. The van der Waals surface area contributed by atoms with Gasteiger partial charge >= 0.3 is 0 Å². The molecule has 0 unspecified atom stereocenters. The summed E-state index contributed by atoms with van der Waals surface area (Å²) in [5, 5.41) is 0. The van der Waals surface area contributed by atoms with E-state index in [4.69, 9.17) is 4.84 Å². The molecule has 2 nitrogen and oxygen atoms in total. The van der Waals surface area contributed by atoms with Crippen molar-refractivity contribution in [3.63, 3.8) is 0 Å². The molecule has 1 aromatic carbocycles. The van der Waals surface area contributed by atoms with E-state index >= 15 is 0 Å². The van der Waals surface area contributed by atoms with Crippen LogP contribution in [0.5, 0.6) is 0 Å². The first-order chi connectivity index (χ1) is 7.31. The van der Waals surface area contributed by atoms with Crippen molar-refractivity contribution in [2.24, 2.45) is 0 Å². The van der Waals surface area contributed by atoms with Crippen molar-refractivity contribution in [2.45, 2.75) is 39.2 Å². The molecule has 0 radical (unpaired) electrons. The van der Waals surface area contributed by atoms with Gasteiger partial charge in [-0.15, -0.1) is 0 Å². The second-order valence-electron chi connectivity index (χ2n) is 3.78. The zero-order chi connectivity index (χ0) is 11.1. The van der Waals surface area contributed by atoms with Crippen molar-refractivity contribution in [2.75, 3.05) is 7.11 Å². The van der Waals surface area contributed by atoms with Gasteiger partial charge in [0.25, 0.3) is 0 Å². The molecule has 0 saturated heterocycles. The Morgan fingerprint density at radius 2 is 2.00 bits per heavy atom. The summed E-state index contributed by atoms with van der Waals surface area (Å²) >= 11 is 0. The molecule has 0 aliphatic heterocycles. The molecule has 1 aromatic rings. The van der Waals surface area contributed by atoms with Gasteiger partial charge in [-0.2, -0.15) is 5.48 Å². The van der Waals surface area contributed by atoms with Gasteiger partial charge in [-0.1, -0.05) is 38.1 Å². The summed E-state index contributed by atoms with van der Waals surface area (Å²) in [4.78, 5) is 4.85. The Bertz CT molecular complexity index is 282. The maximum absolute atomic E-state index is 4.85. The normalized spacial score (nSPS) is 10.9. The molecule has 0 atom stereocenters. The third kappa shape index (κ3) is 3.65. The summed E-state index contributed by atoms with van der Waals surface area (Å²) in [6, 6.07) is 8.73. The van der Waals surface area contributed by atoms with Gasteiger partial charge < -0.3 is 4.84 Å². The predicted octanol–water partition coefficient (Wildman–Crippen LogP) is 3.24. The minimum absolute atomic E-state index is 0.687. The highest BCUT2D eigenvalue weighted by molar-refractivity contribution is 5.26. The number of hydrogen-bond acceptors (Lipinski definition) is 2. The molecule has 0 aromatic heterocycles. The van der Waals surface area contributed by atoms with Crippen molar-refractivity contribution >= 4 is 0 Å². The van der Waals surface area contributed by atoms with Gasteiger partial charge in [-0.25, -0.2) is 0 Å². The second-order valence-corrected chi connectivity index (χ2v) is 3.78. The van der Waals surface area contributed by atoms with Gasteiger partial charge in [-0.3, -0.25) is 0 Å². The average Bonchev–Trinajstić information content (AvgIpc) is 2.29. The van der Waals surface area contributed by atoms with Gasteiger partial charge in [-0.05, 0) is 29.9 Å². The van der Waals surface area contributed by atoms with E-state index in [9.17, 15) is 0 Å². The van der Waals surface area contributed by atoms with E-state index in [-0.39, 0.29) is 0 Å². The van der Waals surface area contributed by atoms with Crippen molar-refractivity contribution < 1.29 is 4.84 Å². The topological polar surface area (TPSA) is 21.3 Å². The fourth-order valence-corrected chi connectivity index (χ4v) is 1.87. The Labute approximate surface area is 92.6 Å². The van der Waals surface area contributed by atoms with E-state index in [0.717, 1.165) is 6.54 Å². The van der Waals surface area contributed by atoms with Crippen molar-refractivity contribution in [3.8, 4) is 0 Å². The molecule has 0 fully saturated rings. The smallest absolute Gasteiger partial charge is 0.0572 e. The minimum Gasteiger partial charge on any atom is -0.305 e.